The van der Waals surface area contributed by atoms with Gasteiger partial charge in [-0.15, -0.1) is 0 Å². The van der Waals surface area contributed by atoms with Gasteiger partial charge in [-0.05, 0) is 74.8 Å². The van der Waals surface area contributed by atoms with Crippen LogP contribution < -0.4 is 14.8 Å². The van der Waals surface area contributed by atoms with Crippen molar-refractivity contribution in [3.05, 3.63) is 42.0 Å². The maximum absolute atomic E-state index is 5.95. The highest BCUT2D eigenvalue weighted by atomic mass is 16.5. The van der Waals surface area contributed by atoms with Crippen molar-refractivity contribution in [1.82, 2.24) is 15.5 Å². The molecule has 1 aliphatic rings. The van der Waals surface area contributed by atoms with Crippen LogP contribution in [0, 0.1) is 6.92 Å². The summed E-state index contributed by atoms with van der Waals surface area (Å²) in [5.74, 6) is 1.78. The second kappa shape index (κ2) is 7.15. The fourth-order valence-electron chi connectivity index (χ4n) is 3.17. The van der Waals surface area contributed by atoms with E-state index in [1.165, 1.54) is 0 Å². The van der Waals surface area contributed by atoms with E-state index in [1.807, 2.05) is 12.1 Å². The topological polar surface area (TPSA) is 59.2 Å². The lowest BCUT2D eigenvalue weighted by Crippen LogP contribution is -2.20. The average molecular weight is 337 g/mol. The molecule has 5 nitrogen and oxygen atoms in total. The largest absolute Gasteiger partial charge is 0.494 e. The van der Waals surface area contributed by atoms with Gasteiger partial charge in [-0.2, -0.15) is 5.10 Å². The van der Waals surface area contributed by atoms with Crippen molar-refractivity contribution < 1.29 is 9.47 Å². The summed E-state index contributed by atoms with van der Waals surface area (Å²) in [6.45, 7) is 5.40. The molecule has 0 spiro atoms. The number of ether oxygens (including phenoxy) is 2. The molecule has 25 heavy (non-hydrogen) atoms. The second-order valence-electron chi connectivity index (χ2n) is 6.47. The molecule has 130 valence electrons. The minimum Gasteiger partial charge on any atom is -0.494 e. The van der Waals surface area contributed by atoms with E-state index in [0.29, 0.717) is 13.2 Å². The zero-order chi connectivity index (χ0) is 17.1. The minimum absolute atomic E-state index is 0.705. The lowest BCUT2D eigenvalue weighted by molar-refractivity contribution is 0.298. The number of fused-ring (bicyclic) bond motifs is 4. The highest BCUT2D eigenvalue weighted by Crippen LogP contribution is 2.32. The maximum atomic E-state index is 5.95. The minimum atomic E-state index is 0.705. The van der Waals surface area contributed by atoms with Crippen molar-refractivity contribution in [2.45, 2.75) is 19.8 Å². The average Bonchev–Trinajstić information content (AvgIpc) is 3.02. The Balaban J connectivity index is 1.76. The highest BCUT2D eigenvalue weighted by molar-refractivity contribution is 5.94. The lowest BCUT2D eigenvalue weighted by Gasteiger charge is -2.11. The number of aromatic amines is 1. The first-order valence-corrected chi connectivity index (χ1v) is 8.86. The zero-order valence-corrected chi connectivity index (χ0v) is 14.5. The van der Waals surface area contributed by atoms with E-state index in [1.54, 1.807) is 0 Å². The van der Waals surface area contributed by atoms with Crippen molar-refractivity contribution >= 4 is 10.9 Å². The van der Waals surface area contributed by atoms with Crippen LogP contribution in [0.2, 0.25) is 0 Å². The Hall–Kier alpha value is -2.53. The molecule has 0 saturated heterocycles. The molecular weight excluding hydrogens is 314 g/mol. The van der Waals surface area contributed by atoms with Crippen molar-refractivity contribution in [2.75, 3.05) is 26.3 Å². The third-order valence-corrected chi connectivity index (χ3v) is 4.39. The van der Waals surface area contributed by atoms with E-state index in [2.05, 4.69) is 46.7 Å². The predicted molar refractivity (Wildman–Crippen MR) is 99.4 cm³/mol. The van der Waals surface area contributed by atoms with Crippen LogP contribution in [0.4, 0.5) is 0 Å². The maximum Gasteiger partial charge on any atom is 0.120 e. The van der Waals surface area contributed by atoms with Crippen LogP contribution in [0.1, 0.15) is 18.4 Å². The van der Waals surface area contributed by atoms with Gasteiger partial charge >= 0.3 is 0 Å². The summed E-state index contributed by atoms with van der Waals surface area (Å²) < 4.78 is 11.9. The Morgan fingerprint density at radius 1 is 0.920 bits per heavy atom. The third kappa shape index (κ3) is 3.61. The first kappa shape index (κ1) is 16.0. The number of aryl methyl sites for hydroxylation is 1. The second-order valence-corrected chi connectivity index (χ2v) is 6.47. The normalized spacial score (nSPS) is 15.7. The van der Waals surface area contributed by atoms with Crippen LogP contribution in [0.3, 0.4) is 0 Å². The van der Waals surface area contributed by atoms with Crippen molar-refractivity contribution in [2.24, 2.45) is 0 Å². The third-order valence-electron chi connectivity index (χ3n) is 4.39. The van der Waals surface area contributed by atoms with Gasteiger partial charge in [0, 0.05) is 10.9 Å². The molecule has 0 radical (unpaired) electrons. The van der Waals surface area contributed by atoms with Crippen LogP contribution in [-0.4, -0.2) is 36.5 Å². The molecule has 0 atom stereocenters. The van der Waals surface area contributed by atoms with Gasteiger partial charge in [0.15, 0.2) is 0 Å². The van der Waals surface area contributed by atoms with Crippen molar-refractivity contribution in [3.63, 3.8) is 0 Å². The number of aromatic nitrogens is 2. The molecule has 0 aliphatic carbocycles. The summed E-state index contributed by atoms with van der Waals surface area (Å²) in [5.41, 5.74) is 4.16. The Bertz CT molecular complexity index is 873. The van der Waals surface area contributed by atoms with Gasteiger partial charge in [-0.1, -0.05) is 0 Å². The van der Waals surface area contributed by atoms with Crippen molar-refractivity contribution in [3.8, 4) is 22.8 Å². The fourth-order valence-corrected chi connectivity index (χ4v) is 3.17. The van der Waals surface area contributed by atoms with Gasteiger partial charge in [-0.3, -0.25) is 5.10 Å². The molecule has 4 bridgehead atoms. The van der Waals surface area contributed by atoms with Gasteiger partial charge < -0.3 is 14.8 Å². The Kier molecular flexibility index (Phi) is 4.57. The molecule has 3 aromatic rings. The summed E-state index contributed by atoms with van der Waals surface area (Å²) in [5, 5.41) is 12.1. The number of nitrogens with zero attached hydrogens (tertiary/aromatic N) is 1. The van der Waals surface area contributed by atoms with Crippen LogP contribution >= 0.6 is 0 Å². The molecular formula is C20H23N3O2. The monoisotopic (exact) mass is 337 g/mol. The lowest BCUT2D eigenvalue weighted by atomic mass is 10.0. The van der Waals surface area contributed by atoms with E-state index in [4.69, 9.17) is 9.47 Å². The molecule has 2 heterocycles. The van der Waals surface area contributed by atoms with Gasteiger partial charge in [0.25, 0.3) is 0 Å². The number of H-pyrrole nitrogens is 1. The standard InChI is InChI=1S/C20H23N3O2/c1-14-10-15-12-17(11-14)25-9-3-7-21-6-2-8-24-16-4-5-19-18(13-16)20(15)23-22-19/h4-5,10-13,21H,2-3,6-9H2,1H3,(H,22,23). The van der Waals surface area contributed by atoms with Crippen molar-refractivity contribution in [1.29, 1.82) is 0 Å². The molecule has 0 unspecified atom stereocenters. The molecule has 0 saturated carbocycles. The number of nitrogens with one attached hydrogen (secondary N) is 2. The van der Waals surface area contributed by atoms with Gasteiger partial charge in [0.1, 0.15) is 17.2 Å². The quantitative estimate of drug-likeness (QED) is 0.657. The Morgan fingerprint density at radius 2 is 1.72 bits per heavy atom. The molecule has 4 rings (SSSR count). The number of hydrogen-bond donors (Lipinski definition) is 2. The fraction of sp³-hybridized carbons (Fsp3) is 0.350. The zero-order valence-electron chi connectivity index (χ0n) is 14.5. The number of benzene rings is 2. The molecule has 2 N–H and O–H groups in total. The Labute approximate surface area is 147 Å². The van der Waals surface area contributed by atoms with E-state index >= 15 is 0 Å². The SMILES string of the molecule is Cc1cc2cc(c1)-c1n[nH]c3ccc(cc13)OCCCNCCCO2. The van der Waals surface area contributed by atoms with E-state index in [9.17, 15) is 0 Å². The molecule has 1 aromatic heterocycles. The summed E-state index contributed by atoms with van der Waals surface area (Å²) in [6, 6.07) is 12.4. The smallest absolute Gasteiger partial charge is 0.120 e. The van der Waals surface area contributed by atoms with Crippen LogP contribution in [0.15, 0.2) is 36.4 Å². The van der Waals surface area contributed by atoms with Gasteiger partial charge in [0.2, 0.25) is 0 Å². The Morgan fingerprint density at radius 3 is 2.56 bits per heavy atom. The molecule has 0 fully saturated rings. The van der Waals surface area contributed by atoms with Gasteiger partial charge in [0.05, 0.1) is 18.7 Å². The van der Waals surface area contributed by atoms with E-state index < -0.39 is 0 Å². The summed E-state index contributed by atoms with van der Waals surface area (Å²) in [6.07, 6.45) is 1.96. The van der Waals surface area contributed by atoms with E-state index in [0.717, 1.165) is 65.2 Å². The summed E-state index contributed by atoms with van der Waals surface area (Å²) in [4.78, 5) is 0. The number of rotatable bonds is 0. The predicted octanol–water partition coefficient (Wildman–Crippen LogP) is 3.68. The summed E-state index contributed by atoms with van der Waals surface area (Å²) >= 11 is 0. The van der Waals surface area contributed by atoms with E-state index in [-0.39, 0.29) is 0 Å². The first-order valence-electron chi connectivity index (χ1n) is 8.86. The molecule has 1 aliphatic heterocycles. The van der Waals surface area contributed by atoms with Crippen LogP contribution in [0.5, 0.6) is 11.5 Å². The molecule has 5 heteroatoms. The summed E-state index contributed by atoms with van der Waals surface area (Å²) in [7, 11) is 0. The van der Waals surface area contributed by atoms with Crippen LogP contribution in [0.25, 0.3) is 22.2 Å². The molecule has 2 aromatic carbocycles. The molecule has 0 amide bonds. The van der Waals surface area contributed by atoms with Crippen LogP contribution in [-0.2, 0) is 0 Å². The number of hydrogen-bond acceptors (Lipinski definition) is 4. The first-order chi connectivity index (χ1) is 12.3. The van der Waals surface area contributed by atoms with Gasteiger partial charge in [-0.25, -0.2) is 0 Å². The highest BCUT2D eigenvalue weighted by Gasteiger charge is 2.11.